The number of furan rings is 2. The van der Waals surface area contributed by atoms with Gasteiger partial charge in [-0.1, -0.05) is 13.8 Å². The summed E-state index contributed by atoms with van der Waals surface area (Å²) in [5, 5.41) is 1.03. The monoisotopic (exact) mass is 306 g/mol. The molecular formula is C19H18N2O2. The molecule has 0 radical (unpaired) electrons. The summed E-state index contributed by atoms with van der Waals surface area (Å²) in [7, 11) is 0. The zero-order valence-electron chi connectivity index (χ0n) is 13.5. The summed E-state index contributed by atoms with van der Waals surface area (Å²) in [6.07, 6.45) is 6.32. The zero-order chi connectivity index (χ0) is 16.0. The molecular weight excluding hydrogens is 288 g/mol. The minimum absolute atomic E-state index is 0.143. The van der Waals surface area contributed by atoms with Crippen LogP contribution in [-0.4, -0.2) is 9.97 Å². The number of nitrogens with zero attached hydrogens (tertiary/aromatic N) is 2. The van der Waals surface area contributed by atoms with Crippen molar-refractivity contribution < 1.29 is 8.83 Å². The lowest BCUT2D eigenvalue weighted by Gasteiger charge is -2.21. The Hall–Kier alpha value is -2.62. The van der Waals surface area contributed by atoms with Crippen LogP contribution in [0.15, 0.2) is 51.7 Å². The van der Waals surface area contributed by atoms with Crippen LogP contribution in [0.2, 0.25) is 0 Å². The minimum Gasteiger partial charge on any atom is -0.460 e. The van der Waals surface area contributed by atoms with Crippen molar-refractivity contribution in [1.29, 1.82) is 0 Å². The Morgan fingerprint density at radius 1 is 1.04 bits per heavy atom. The average molecular weight is 306 g/mol. The number of fused-ring (bicyclic) bond motifs is 2. The third-order valence-electron chi connectivity index (χ3n) is 4.18. The second-order valence-corrected chi connectivity index (χ2v) is 6.67. The Labute approximate surface area is 134 Å². The molecule has 4 heterocycles. The smallest absolute Gasteiger partial charge is 0.152 e. The molecule has 4 aromatic rings. The Morgan fingerprint density at radius 2 is 1.91 bits per heavy atom. The maximum atomic E-state index is 6.01. The lowest BCUT2D eigenvalue weighted by Crippen LogP contribution is -2.19. The Kier molecular flexibility index (Phi) is 3.01. The van der Waals surface area contributed by atoms with Crippen molar-refractivity contribution in [1.82, 2.24) is 9.97 Å². The van der Waals surface area contributed by atoms with Gasteiger partial charge < -0.3 is 8.83 Å². The standard InChI is InChI=1S/C19H18N2O2/c1-12-6-15-17(22-12)7-13(10-21-15)9-19(2,3)18-8-14-11-20-5-4-16(14)23-18/h4-8,10-11H,9H2,1-3H3. The molecule has 0 aliphatic heterocycles. The summed E-state index contributed by atoms with van der Waals surface area (Å²) >= 11 is 0. The zero-order valence-corrected chi connectivity index (χ0v) is 13.5. The van der Waals surface area contributed by atoms with Crippen molar-refractivity contribution in [3.05, 3.63) is 59.9 Å². The topological polar surface area (TPSA) is 52.1 Å². The Bertz CT molecular complexity index is 962. The van der Waals surface area contributed by atoms with Gasteiger partial charge in [-0.3, -0.25) is 9.97 Å². The van der Waals surface area contributed by atoms with Crippen LogP contribution in [0.3, 0.4) is 0 Å². The van der Waals surface area contributed by atoms with Crippen molar-refractivity contribution in [2.45, 2.75) is 32.6 Å². The van der Waals surface area contributed by atoms with Gasteiger partial charge in [-0.05, 0) is 37.1 Å². The number of pyridine rings is 2. The van der Waals surface area contributed by atoms with Crippen molar-refractivity contribution in [3.8, 4) is 0 Å². The first-order chi connectivity index (χ1) is 11.0. The number of aromatic nitrogens is 2. The molecule has 0 amide bonds. The molecule has 4 aromatic heterocycles. The second kappa shape index (κ2) is 4.95. The molecule has 0 aliphatic rings. The summed E-state index contributed by atoms with van der Waals surface area (Å²) in [4.78, 5) is 8.63. The quantitative estimate of drug-likeness (QED) is 0.545. The highest BCUT2D eigenvalue weighted by molar-refractivity contribution is 5.77. The van der Waals surface area contributed by atoms with Gasteiger partial charge in [-0.15, -0.1) is 0 Å². The van der Waals surface area contributed by atoms with Gasteiger partial charge in [0, 0.05) is 35.5 Å². The van der Waals surface area contributed by atoms with Crippen LogP contribution in [0, 0.1) is 6.92 Å². The first-order valence-electron chi connectivity index (χ1n) is 7.70. The highest BCUT2D eigenvalue weighted by atomic mass is 16.3. The van der Waals surface area contributed by atoms with E-state index < -0.39 is 0 Å². The van der Waals surface area contributed by atoms with Gasteiger partial charge in [0.2, 0.25) is 0 Å². The van der Waals surface area contributed by atoms with E-state index in [4.69, 9.17) is 8.83 Å². The van der Waals surface area contributed by atoms with Crippen LogP contribution in [0.5, 0.6) is 0 Å². The van der Waals surface area contributed by atoms with E-state index >= 15 is 0 Å². The van der Waals surface area contributed by atoms with Gasteiger partial charge in [0.05, 0.1) is 0 Å². The lowest BCUT2D eigenvalue weighted by atomic mass is 9.83. The largest absolute Gasteiger partial charge is 0.460 e. The van der Waals surface area contributed by atoms with E-state index in [9.17, 15) is 0 Å². The number of hydrogen-bond acceptors (Lipinski definition) is 4. The van der Waals surface area contributed by atoms with Crippen LogP contribution < -0.4 is 0 Å². The highest BCUT2D eigenvalue weighted by Crippen LogP contribution is 2.32. The van der Waals surface area contributed by atoms with Crippen LogP contribution >= 0.6 is 0 Å². The molecule has 116 valence electrons. The molecule has 0 bridgehead atoms. The fourth-order valence-corrected chi connectivity index (χ4v) is 2.99. The molecule has 0 spiro atoms. The Morgan fingerprint density at radius 3 is 2.74 bits per heavy atom. The number of aryl methyl sites for hydroxylation is 1. The summed E-state index contributed by atoms with van der Waals surface area (Å²) in [6.45, 7) is 6.29. The van der Waals surface area contributed by atoms with Crippen LogP contribution in [0.1, 0.15) is 30.9 Å². The molecule has 4 heteroatoms. The average Bonchev–Trinajstić information content (AvgIpc) is 3.09. The molecule has 23 heavy (non-hydrogen) atoms. The summed E-state index contributed by atoms with van der Waals surface area (Å²) in [6, 6.07) is 8.00. The first-order valence-corrected chi connectivity index (χ1v) is 7.70. The fraction of sp³-hybridized carbons (Fsp3) is 0.263. The van der Waals surface area contributed by atoms with E-state index in [0.717, 1.165) is 45.6 Å². The van der Waals surface area contributed by atoms with E-state index in [1.807, 2.05) is 31.5 Å². The maximum absolute atomic E-state index is 6.01. The second-order valence-electron chi connectivity index (χ2n) is 6.67. The Balaban J connectivity index is 1.69. The molecule has 0 N–H and O–H groups in total. The van der Waals surface area contributed by atoms with Gasteiger partial charge in [0.1, 0.15) is 22.6 Å². The SMILES string of the molecule is Cc1cc2ncc(CC(C)(C)c3cc4cnccc4o3)cc2o1. The molecule has 0 fully saturated rings. The predicted molar refractivity (Wildman–Crippen MR) is 89.5 cm³/mol. The van der Waals surface area contributed by atoms with Crippen LogP contribution in [-0.2, 0) is 11.8 Å². The molecule has 0 saturated heterocycles. The van der Waals surface area contributed by atoms with E-state index in [2.05, 4.69) is 35.9 Å². The number of rotatable bonds is 3. The molecule has 0 saturated carbocycles. The van der Waals surface area contributed by atoms with E-state index in [1.165, 1.54) is 0 Å². The van der Waals surface area contributed by atoms with Crippen LogP contribution in [0.4, 0.5) is 0 Å². The highest BCUT2D eigenvalue weighted by Gasteiger charge is 2.26. The molecule has 0 atom stereocenters. The molecule has 0 aliphatic carbocycles. The third-order valence-corrected chi connectivity index (χ3v) is 4.18. The van der Waals surface area contributed by atoms with Gasteiger partial charge >= 0.3 is 0 Å². The van der Waals surface area contributed by atoms with E-state index in [-0.39, 0.29) is 5.41 Å². The summed E-state index contributed by atoms with van der Waals surface area (Å²) < 4.78 is 11.7. The molecule has 0 unspecified atom stereocenters. The normalized spacial score (nSPS) is 12.3. The van der Waals surface area contributed by atoms with E-state index in [1.54, 1.807) is 6.20 Å². The van der Waals surface area contributed by atoms with Crippen molar-refractivity contribution >= 4 is 22.1 Å². The van der Waals surface area contributed by atoms with Crippen LogP contribution in [0.25, 0.3) is 22.1 Å². The lowest BCUT2D eigenvalue weighted by molar-refractivity contribution is 0.398. The molecule has 4 nitrogen and oxygen atoms in total. The van der Waals surface area contributed by atoms with Gasteiger partial charge in [0.25, 0.3) is 0 Å². The predicted octanol–water partition coefficient (Wildman–Crippen LogP) is 4.80. The minimum atomic E-state index is -0.143. The summed E-state index contributed by atoms with van der Waals surface area (Å²) in [5.41, 5.74) is 3.60. The van der Waals surface area contributed by atoms with E-state index in [0.29, 0.717) is 0 Å². The number of hydrogen-bond donors (Lipinski definition) is 0. The van der Waals surface area contributed by atoms with Crippen molar-refractivity contribution in [2.75, 3.05) is 0 Å². The maximum Gasteiger partial charge on any atom is 0.152 e. The summed E-state index contributed by atoms with van der Waals surface area (Å²) in [5.74, 6) is 1.84. The molecule has 4 rings (SSSR count). The first kappa shape index (κ1) is 14.0. The van der Waals surface area contributed by atoms with Gasteiger partial charge in [-0.25, -0.2) is 0 Å². The van der Waals surface area contributed by atoms with Gasteiger partial charge in [-0.2, -0.15) is 0 Å². The molecule has 0 aromatic carbocycles. The van der Waals surface area contributed by atoms with Crippen molar-refractivity contribution in [2.24, 2.45) is 0 Å². The van der Waals surface area contributed by atoms with Gasteiger partial charge in [0.15, 0.2) is 5.58 Å². The fourth-order valence-electron chi connectivity index (χ4n) is 2.99. The third kappa shape index (κ3) is 2.50. The van der Waals surface area contributed by atoms with Crippen molar-refractivity contribution in [3.63, 3.8) is 0 Å².